The van der Waals surface area contributed by atoms with Crippen LogP contribution in [0.3, 0.4) is 0 Å². The SMILES string of the molecule is CC1CC1(C)CCCCOC(=O)c1cccc(Cl)c1. The summed E-state index contributed by atoms with van der Waals surface area (Å²) in [7, 11) is 0. The van der Waals surface area contributed by atoms with Gasteiger partial charge in [-0.2, -0.15) is 0 Å². The van der Waals surface area contributed by atoms with Crippen LogP contribution in [0.2, 0.25) is 5.02 Å². The fourth-order valence-corrected chi connectivity index (χ4v) is 2.67. The molecule has 104 valence electrons. The average molecular weight is 281 g/mol. The summed E-state index contributed by atoms with van der Waals surface area (Å²) in [5.41, 5.74) is 1.08. The van der Waals surface area contributed by atoms with Gasteiger partial charge in [-0.15, -0.1) is 0 Å². The van der Waals surface area contributed by atoms with Gasteiger partial charge in [0, 0.05) is 5.02 Å². The third-order valence-electron chi connectivity index (χ3n) is 4.24. The molecule has 2 unspecified atom stereocenters. The van der Waals surface area contributed by atoms with E-state index < -0.39 is 0 Å². The number of carbonyl (C=O) groups is 1. The van der Waals surface area contributed by atoms with Crippen LogP contribution in [-0.4, -0.2) is 12.6 Å². The van der Waals surface area contributed by atoms with Crippen LogP contribution in [0.15, 0.2) is 24.3 Å². The smallest absolute Gasteiger partial charge is 0.338 e. The number of unbranched alkanes of at least 4 members (excludes halogenated alkanes) is 1. The van der Waals surface area contributed by atoms with Gasteiger partial charge < -0.3 is 4.74 Å². The van der Waals surface area contributed by atoms with E-state index in [-0.39, 0.29) is 5.97 Å². The van der Waals surface area contributed by atoms with E-state index in [1.54, 1.807) is 24.3 Å². The molecule has 2 nitrogen and oxygen atoms in total. The van der Waals surface area contributed by atoms with Crippen molar-refractivity contribution in [3.63, 3.8) is 0 Å². The lowest BCUT2D eigenvalue weighted by molar-refractivity contribution is 0.0496. The summed E-state index contributed by atoms with van der Waals surface area (Å²) in [5, 5.41) is 0.560. The van der Waals surface area contributed by atoms with E-state index in [1.165, 1.54) is 12.8 Å². The second-order valence-corrected chi connectivity index (χ2v) is 6.30. The molecule has 0 bridgehead atoms. The van der Waals surface area contributed by atoms with Gasteiger partial charge in [0.2, 0.25) is 0 Å². The minimum absolute atomic E-state index is 0.284. The van der Waals surface area contributed by atoms with E-state index in [1.807, 2.05) is 0 Å². The van der Waals surface area contributed by atoms with Gasteiger partial charge in [0.15, 0.2) is 0 Å². The van der Waals surface area contributed by atoms with E-state index in [4.69, 9.17) is 16.3 Å². The first kappa shape index (κ1) is 14.4. The third kappa shape index (κ3) is 3.97. The van der Waals surface area contributed by atoms with Crippen molar-refractivity contribution in [3.8, 4) is 0 Å². The molecule has 1 aromatic carbocycles. The predicted octanol–water partition coefficient (Wildman–Crippen LogP) is 4.71. The highest BCUT2D eigenvalue weighted by atomic mass is 35.5. The minimum Gasteiger partial charge on any atom is -0.462 e. The van der Waals surface area contributed by atoms with Crippen LogP contribution in [-0.2, 0) is 4.74 Å². The van der Waals surface area contributed by atoms with E-state index in [0.29, 0.717) is 22.6 Å². The first-order valence-electron chi connectivity index (χ1n) is 6.94. The third-order valence-corrected chi connectivity index (χ3v) is 4.47. The van der Waals surface area contributed by atoms with E-state index in [9.17, 15) is 4.79 Å². The highest BCUT2D eigenvalue weighted by molar-refractivity contribution is 6.30. The maximum absolute atomic E-state index is 11.7. The van der Waals surface area contributed by atoms with Gasteiger partial charge in [0.1, 0.15) is 0 Å². The molecule has 1 aliphatic carbocycles. The Balaban J connectivity index is 1.64. The van der Waals surface area contributed by atoms with Crippen molar-refractivity contribution >= 4 is 17.6 Å². The van der Waals surface area contributed by atoms with Crippen molar-refractivity contribution in [3.05, 3.63) is 34.9 Å². The predicted molar refractivity (Wildman–Crippen MR) is 77.5 cm³/mol. The molecular formula is C16H21ClO2. The normalized spacial score (nSPS) is 25.1. The highest BCUT2D eigenvalue weighted by Gasteiger charge is 2.45. The lowest BCUT2D eigenvalue weighted by Crippen LogP contribution is -2.07. The highest BCUT2D eigenvalue weighted by Crippen LogP contribution is 2.55. The minimum atomic E-state index is -0.284. The Morgan fingerprint density at radius 3 is 2.84 bits per heavy atom. The van der Waals surface area contributed by atoms with Gasteiger partial charge in [-0.05, 0) is 55.2 Å². The molecule has 1 aromatic rings. The van der Waals surface area contributed by atoms with E-state index >= 15 is 0 Å². The molecular weight excluding hydrogens is 260 g/mol. The van der Waals surface area contributed by atoms with Crippen molar-refractivity contribution < 1.29 is 9.53 Å². The maximum atomic E-state index is 11.7. The number of esters is 1. The largest absolute Gasteiger partial charge is 0.462 e. The summed E-state index contributed by atoms with van der Waals surface area (Å²) in [5.74, 6) is 0.579. The Bertz CT molecular complexity index is 458. The monoisotopic (exact) mass is 280 g/mol. The van der Waals surface area contributed by atoms with Gasteiger partial charge in [-0.1, -0.05) is 31.5 Å². The Labute approximate surface area is 120 Å². The molecule has 2 atom stereocenters. The van der Waals surface area contributed by atoms with Crippen molar-refractivity contribution in [1.82, 2.24) is 0 Å². The zero-order valence-corrected chi connectivity index (χ0v) is 12.4. The fraction of sp³-hybridized carbons (Fsp3) is 0.562. The Kier molecular flexibility index (Phi) is 4.51. The van der Waals surface area contributed by atoms with Crippen LogP contribution in [0.4, 0.5) is 0 Å². The first-order chi connectivity index (χ1) is 9.01. The number of carbonyl (C=O) groups excluding carboxylic acids is 1. The van der Waals surface area contributed by atoms with Crippen molar-refractivity contribution in [1.29, 1.82) is 0 Å². The molecule has 2 rings (SSSR count). The van der Waals surface area contributed by atoms with Crippen molar-refractivity contribution in [2.75, 3.05) is 6.61 Å². The van der Waals surface area contributed by atoms with E-state index in [0.717, 1.165) is 18.8 Å². The average Bonchev–Trinajstić information content (AvgIpc) is 2.96. The molecule has 19 heavy (non-hydrogen) atoms. The summed E-state index contributed by atoms with van der Waals surface area (Å²) in [4.78, 5) is 11.7. The molecule has 0 heterocycles. The van der Waals surface area contributed by atoms with Crippen LogP contribution in [0.5, 0.6) is 0 Å². The zero-order chi connectivity index (χ0) is 13.9. The lowest BCUT2D eigenvalue weighted by Gasteiger charge is -2.09. The molecule has 0 spiro atoms. The van der Waals surface area contributed by atoms with Gasteiger partial charge >= 0.3 is 5.97 Å². The second kappa shape index (κ2) is 5.96. The summed E-state index contributed by atoms with van der Waals surface area (Å²) in [6, 6.07) is 6.86. The fourth-order valence-electron chi connectivity index (χ4n) is 2.48. The van der Waals surface area contributed by atoms with Crippen molar-refractivity contribution in [2.24, 2.45) is 11.3 Å². The molecule has 3 heteroatoms. The first-order valence-corrected chi connectivity index (χ1v) is 7.32. The van der Waals surface area contributed by atoms with Gasteiger partial charge in [-0.25, -0.2) is 4.79 Å². The Morgan fingerprint density at radius 1 is 1.47 bits per heavy atom. The molecule has 0 aliphatic heterocycles. The summed E-state index contributed by atoms with van der Waals surface area (Å²) in [6.07, 6.45) is 4.65. The number of hydrogen-bond acceptors (Lipinski definition) is 2. The molecule has 0 amide bonds. The topological polar surface area (TPSA) is 26.3 Å². The number of benzene rings is 1. The van der Waals surface area contributed by atoms with Crippen LogP contribution in [0.1, 0.15) is 49.9 Å². The summed E-state index contributed by atoms with van der Waals surface area (Å²) in [6.45, 7) is 5.14. The lowest BCUT2D eigenvalue weighted by atomic mass is 9.99. The molecule has 0 aromatic heterocycles. The van der Waals surface area contributed by atoms with Crippen LogP contribution in [0.25, 0.3) is 0 Å². The molecule has 0 saturated heterocycles. The molecule has 1 saturated carbocycles. The van der Waals surface area contributed by atoms with Crippen LogP contribution >= 0.6 is 11.6 Å². The number of rotatable bonds is 6. The quantitative estimate of drug-likeness (QED) is 0.557. The van der Waals surface area contributed by atoms with E-state index in [2.05, 4.69) is 13.8 Å². The zero-order valence-electron chi connectivity index (χ0n) is 11.6. The summed E-state index contributed by atoms with van der Waals surface area (Å²) >= 11 is 5.84. The second-order valence-electron chi connectivity index (χ2n) is 5.86. The van der Waals surface area contributed by atoms with Gasteiger partial charge in [0.25, 0.3) is 0 Å². The number of halogens is 1. The van der Waals surface area contributed by atoms with Gasteiger partial charge in [-0.3, -0.25) is 0 Å². The van der Waals surface area contributed by atoms with Crippen LogP contribution < -0.4 is 0 Å². The summed E-state index contributed by atoms with van der Waals surface area (Å²) < 4.78 is 5.25. The van der Waals surface area contributed by atoms with Gasteiger partial charge in [0.05, 0.1) is 12.2 Å². The Morgan fingerprint density at radius 2 is 2.21 bits per heavy atom. The number of ether oxygens (including phenoxy) is 1. The molecule has 0 N–H and O–H groups in total. The Hall–Kier alpha value is -1.02. The van der Waals surface area contributed by atoms with Crippen LogP contribution in [0, 0.1) is 11.3 Å². The molecule has 0 radical (unpaired) electrons. The van der Waals surface area contributed by atoms with Crippen molar-refractivity contribution in [2.45, 2.75) is 39.5 Å². The standard InChI is InChI=1S/C16H21ClO2/c1-12-11-16(12,2)8-3-4-9-19-15(18)13-6-5-7-14(17)10-13/h5-7,10,12H,3-4,8-9,11H2,1-2H3. The molecule has 1 aliphatic rings. The molecule has 1 fully saturated rings. The number of hydrogen-bond donors (Lipinski definition) is 0. The maximum Gasteiger partial charge on any atom is 0.338 e.